The summed E-state index contributed by atoms with van der Waals surface area (Å²) in [7, 11) is 0. The number of rotatable bonds is 3. The molecule has 88 valence electrons. The van der Waals surface area contributed by atoms with Gasteiger partial charge in [-0.15, -0.1) is 0 Å². The topological polar surface area (TPSA) is 12.0 Å². The number of anilines is 1. The minimum absolute atomic E-state index is 0.189. The van der Waals surface area contributed by atoms with E-state index in [0.29, 0.717) is 12.1 Å². The largest absolute Gasteiger partial charge is 0.381 e. The van der Waals surface area contributed by atoms with Gasteiger partial charge < -0.3 is 5.32 Å². The molecule has 0 bridgehead atoms. The fraction of sp³-hybridized carbons (Fsp3) is 0.143. The minimum atomic E-state index is -0.189. The number of hydrogen-bond donors (Lipinski definition) is 1. The molecule has 2 aromatic rings. The van der Waals surface area contributed by atoms with Gasteiger partial charge in [0.2, 0.25) is 0 Å². The molecule has 0 saturated heterocycles. The maximum absolute atomic E-state index is 13.3. The molecule has 0 unspecified atom stereocenters. The average molecular weight is 250 g/mol. The summed E-state index contributed by atoms with van der Waals surface area (Å²) in [5.41, 5.74) is 2.57. The maximum Gasteiger partial charge on any atom is 0.128 e. The third-order valence-electron chi connectivity index (χ3n) is 2.66. The van der Waals surface area contributed by atoms with Gasteiger partial charge in [-0.3, -0.25) is 0 Å². The van der Waals surface area contributed by atoms with E-state index in [1.165, 1.54) is 6.07 Å². The van der Waals surface area contributed by atoms with Gasteiger partial charge in [0.25, 0.3) is 0 Å². The van der Waals surface area contributed by atoms with Gasteiger partial charge in [-0.2, -0.15) is 0 Å². The lowest BCUT2D eigenvalue weighted by Gasteiger charge is -2.10. The Labute approximate surface area is 105 Å². The summed E-state index contributed by atoms with van der Waals surface area (Å²) < 4.78 is 13.3. The van der Waals surface area contributed by atoms with Crippen molar-refractivity contribution in [2.75, 3.05) is 5.32 Å². The Balaban J connectivity index is 2.07. The summed E-state index contributed by atoms with van der Waals surface area (Å²) in [6, 6.07) is 12.6. The van der Waals surface area contributed by atoms with Crippen molar-refractivity contribution in [1.82, 2.24) is 0 Å². The molecule has 0 amide bonds. The Morgan fingerprint density at radius 1 is 1.12 bits per heavy atom. The van der Waals surface area contributed by atoms with Crippen LogP contribution in [0.2, 0.25) is 5.02 Å². The first kappa shape index (κ1) is 11.9. The van der Waals surface area contributed by atoms with Crippen molar-refractivity contribution in [3.8, 4) is 0 Å². The third-order valence-corrected chi connectivity index (χ3v) is 2.92. The molecule has 0 saturated carbocycles. The van der Waals surface area contributed by atoms with Gasteiger partial charge in [0.05, 0.1) is 0 Å². The maximum atomic E-state index is 13.3. The lowest BCUT2D eigenvalue weighted by Crippen LogP contribution is -2.01. The molecule has 1 N–H and O–H groups in total. The van der Waals surface area contributed by atoms with Gasteiger partial charge in [0.15, 0.2) is 0 Å². The molecule has 0 atom stereocenters. The zero-order chi connectivity index (χ0) is 12.3. The van der Waals surface area contributed by atoms with E-state index in [9.17, 15) is 4.39 Å². The lowest BCUT2D eigenvalue weighted by molar-refractivity contribution is 0.619. The van der Waals surface area contributed by atoms with Gasteiger partial charge in [-0.1, -0.05) is 29.8 Å². The van der Waals surface area contributed by atoms with E-state index >= 15 is 0 Å². The van der Waals surface area contributed by atoms with Crippen LogP contribution in [0, 0.1) is 12.7 Å². The van der Waals surface area contributed by atoms with Crippen molar-refractivity contribution in [1.29, 1.82) is 0 Å². The van der Waals surface area contributed by atoms with E-state index in [4.69, 9.17) is 11.6 Å². The molecule has 0 aliphatic carbocycles. The molecule has 0 aliphatic rings. The molecule has 0 fully saturated rings. The van der Waals surface area contributed by atoms with E-state index in [-0.39, 0.29) is 5.82 Å². The van der Waals surface area contributed by atoms with E-state index < -0.39 is 0 Å². The van der Waals surface area contributed by atoms with Gasteiger partial charge in [-0.25, -0.2) is 4.39 Å². The van der Waals surface area contributed by atoms with Crippen molar-refractivity contribution >= 4 is 17.3 Å². The molecular formula is C14H13ClFN. The molecule has 0 heterocycles. The lowest BCUT2D eigenvalue weighted by atomic mass is 10.1. The van der Waals surface area contributed by atoms with Crippen LogP contribution >= 0.6 is 11.6 Å². The Morgan fingerprint density at radius 2 is 1.82 bits per heavy atom. The summed E-state index contributed by atoms with van der Waals surface area (Å²) in [4.78, 5) is 0. The summed E-state index contributed by atoms with van der Waals surface area (Å²) >= 11 is 5.80. The van der Waals surface area contributed by atoms with Gasteiger partial charge in [0.1, 0.15) is 5.82 Å². The minimum Gasteiger partial charge on any atom is -0.381 e. The second kappa shape index (κ2) is 5.19. The quantitative estimate of drug-likeness (QED) is 0.850. The van der Waals surface area contributed by atoms with Crippen LogP contribution in [0.4, 0.5) is 10.1 Å². The molecule has 2 rings (SSSR count). The Hall–Kier alpha value is -1.54. The van der Waals surface area contributed by atoms with Crippen molar-refractivity contribution in [3.05, 3.63) is 64.4 Å². The van der Waals surface area contributed by atoms with E-state index in [2.05, 4.69) is 5.32 Å². The van der Waals surface area contributed by atoms with Crippen LogP contribution < -0.4 is 5.32 Å². The first-order valence-electron chi connectivity index (χ1n) is 5.40. The number of nitrogens with one attached hydrogen (secondary N) is 1. The molecule has 1 nitrogen and oxygen atoms in total. The first-order chi connectivity index (χ1) is 8.16. The van der Waals surface area contributed by atoms with Crippen LogP contribution in [-0.2, 0) is 6.54 Å². The molecule has 0 spiro atoms. The van der Waals surface area contributed by atoms with Crippen molar-refractivity contribution in [2.24, 2.45) is 0 Å². The van der Waals surface area contributed by atoms with E-state index in [1.807, 2.05) is 30.3 Å². The van der Waals surface area contributed by atoms with Crippen molar-refractivity contribution < 1.29 is 4.39 Å². The highest BCUT2D eigenvalue weighted by Gasteiger charge is 2.02. The number of benzene rings is 2. The fourth-order valence-electron chi connectivity index (χ4n) is 1.60. The second-order valence-electron chi connectivity index (χ2n) is 3.89. The molecule has 0 radical (unpaired) electrons. The highest BCUT2D eigenvalue weighted by molar-refractivity contribution is 6.30. The molecule has 2 aromatic carbocycles. The van der Waals surface area contributed by atoms with Crippen molar-refractivity contribution in [2.45, 2.75) is 13.5 Å². The Morgan fingerprint density at radius 3 is 2.53 bits per heavy atom. The molecule has 0 aliphatic heterocycles. The van der Waals surface area contributed by atoms with Gasteiger partial charge in [0, 0.05) is 22.8 Å². The normalized spacial score (nSPS) is 10.3. The van der Waals surface area contributed by atoms with Gasteiger partial charge in [-0.05, 0) is 36.8 Å². The fourth-order valence-corrected chi connectivity index (χ4v) is 1.72. The third kappa shape index (κ3) is 2.98. The van der Waals surface area contributed by atoms with E-state index in [0.717, 1.165) is 16.3 Å². The van der Waals surface area contributed by atoms with Crippen LogP contribution in [0.1, 0.15) is 11.1 Å². The zero-order valence-electron chi connectivity index (χ0n) is 9.50. The van der Waals surface area contributed by atoms with Crippen LogP contribution in [0.3, 0.4) is 0 Å². The summed E-state index contributed by atoms with van der Waals surface area (Å²) in [6.45, 7) is 2.42. The molecular weight excluding hydrogens is 237 g/mol. The average Bonchev–Trinajstić information content (AvgIpc) is 2.33. The second-order valence-corrected chi connectivity index (χ2v) is 4.33. The van der Waals surface area contributed by atoms with Crippen LogP contribution in [0.15, 0.2) is 42.5 Å². The standard InChI is InChI=1S/C14H13ClFN/c1-10-13(16)3-2-4-14(10)17-9-11-5-7-12(15)8-6-11/h2-8,17H,9H2,1H3. The van der Waals surface area contributed by atoms with Gasteiger partial charge >= 0.3 is 0 Å². The summed E-state index contributed by atoms with van der Waals surface area (Å²) in [5.74, 6) is -0.189. The van der Waals surface area contributed by atoms with Crippen LogP contribution in [0.25, 0.3) is 0 Å². The number of halogens is 2. The van der Waals surface area contributed by atoms with E-state index in [1.54, 1.807) is 13.0 Å². The highest BCUT2D eigenvalue weighted by atomic mass is 35.5. The molecule has 3 heteroatoms. The summed E-state index contributed by atoms with van der Waals surface area (Å²) in [5, 5.41) is 3.92. The molecule has 17 heavy (non-hydrogen) atoms. The predicted octanol–water partition coefficient (Wildman–Crippen LogP) is 4.40. The van der Waals surface area contributed by atoms with Crippen molar-refractivity contribution in [3.63, 3.8) is 0 Å². The van der Waals surface area contributed by atoms with Crippen LogP contribution in [-0.4, -0.2) is 0 Å². The Kier molecular flexibility index (Phi) is 3.64. The SMILES string of the molecule is Cc1c(F)cccc1NCc1ccc(Cl)cc1. The number of hydrogen-bond acceptors (Lipinski definition) is 1. The summed E-state index contributed by atoms with van der Waals surface area (Å²) in [6.07, 6.45) is 0. The first-order valence-corrected chi connectivity index (χ1v) is 5.78. The van der Waals surface area contributed by atoms with Crippen LogP contribution in [0.5, 0.6) is 0 Å². The monoisotopic (exact) mass is 249 g/mol. The highest BCUT2D eigenvalue weighted by Crippen LogP contribution is 2.18. The zero-order valence-corrected chi connectivity index (χ0v) is 10.3. The smallest absolute Gasteiger partial charge is 0.128 e. The Bertz CT molecular complexity index is 508. The molecule has 0 aromatic heterocycles. The predicted molar refractivity (Wildman–Crippen MR) is 69.9 cm³/mol.